The first-order valence-electron chi connectivity index (χ1n) is 27.0. The second-order valence-electron chi connectivity index (χ2n) is 19.4. The number of esters is 2. The number of allylic oxidation sites excluding steroid dienone is 6. The summed E-state index contributed by atoms with van der Waals surface area (Å²) < 4.78 is 17.3. The van der Waals surface area contributed by atoms with Crippen LogP contribution >= 0.6 is 0 Å². The minimum absolute atomic E-state index is 0.0426. The lowest BCUT2D eigenvalue weighted by Crippen LogP contribution is -2.55. The van der Waals surface area contributed by atoms with E-state index in [0.29, 0.717) is 12.8 Å². The molecule has 0 aliphatic rings. The molecule has 374 valence electrons. The number of rotatable bonds is 49. The van der Waals surface area contributed by atoms with Gasteiger partial charge in [0.15, 0.2) is 6.10 Å². The summed E-state index contributed by atoms with van der Waals surface area (Å²) in [6.45, 7) is 4.59. The molecule has 0 aliphatic heterocycles. The van der Waals surface area contributed by atoms with Gasteiger partial charge in [-0.3, -0.25) is 9.59 Å². The number of carboxylic acid groups (broad SMARTS) is 1. The molecule has 0 bridgehead atoms. The fourth-order valence-corrected chi connectivity index (χ4v) is 8.15. The molecule has 2 atom stereocenters. The summed E-state index contributed by atoms with van der Waals surface area (Å²) in [5.74, 6) is -1.72. The van der Waals surface area contributed by atoms with E-state index in [2.05, 4.69) is 50.3 Å². The lowest BCUT2D eigenvalue weighted by Gasteiger charge is -2.34. The minimum Gasteiger partial charge on any atom is -0.544 e. The molecule has 0 saturated carbocycles. The van der Waals surface area contributed by atoms with Crippen molar-refractivity contribution in [3.8, 4) is 0 Å². The molecule has 0 amide bonds. The third-order valence-electron chi connectivity index (χ3n) is 12.3. The molecule has 0 rings (SSSR count). The maximum Gasteiger partial charge on any atom is 0.306 e. The molecule has 0 fully saturated rings. The topological polar surface area (TPSA) is 102 Å². The van der Waals surface area contributed by atoms with Crippen molar-refractivity contribution < 1.29 is 38.2 Å². The van der Waals surface area contributed by atoms with Gasteiger partial charge in [0.05, 0.1) is 40.3 Å². The molecule has 8 nitrogen and oxygen atoms in total. The Hall–Kier alpha value is -2.45. The lowest BCUT2D eigenvalue weighted by atomic mass is 10.0. The smallest absolute Gasteiger partial charge is 0.306 e. The molecule has 0 aromatic carbocycles. The van der Waals surface area contributed by atoms with Crippen LogP contribution in [0.3, 0.4) is 0 Å². The molecular weight excluding hydrogens is 799 g/mol. The summed E-state index contributed by atoms with van der Waals surface area (Å²) in [4.78, 5) is 37.1. The average molecular weight is 902 g/mol. The number of quaternary nitrogens is 1. The van der Waals surface area contributed by atoms with Crippen LogP contribution in [-0.2, 0) is 28.6 Å². The predicted octanol–water partition coefficient (Wildman–Crippen LogP) is 14.4. The first-order chi connectivity index (χ1) is 31.1. The van der Waals surface area contributed by atoms with Gasteiger partial charge in [-0.15, -0.1) is 0 Å². The Morgan fingerprint density at radius 3 is 1.30 bits per heavy atom. The minimum atomic E-state index is -1.12. The van der Waals surface area contributed by atoms with E-state index in [1.165, 1.54) is 161 Å². The summed E-state index contributed by atoms with van der Waals surface area (Å²) in [5.41, 5.74) is 0. The Balaban J connectivity index is 4.18. The number of carbonyl (C=O) groups is 3. The standard InChI is InChI=1S/C56H103NO7/c1-6-8-10-12-14-16-18-20-22-24-26-28-30-32-34-36-38-40-42-44-46-54(58)63-51-52(50-62-49-48-53(56(60)61)57(3,4)5)64-55(59)47-45-43-41-39-37-35-33-31-29-27-25-23-21-19-17-15-13-11-9-7-2/h9,11,15,17,21,23,52-53H,6-8,10,12-14,16,18-20,22,24-51H2,1-5H3/b11-9+,17-15+,23-21+. The number of likely N-dealkylation sites (N-methyl/N-ethyl adjacent to an activating group) is 1. The molecule has 0 spiro atoms. The van der Waals surface area contributed by atoms with Gasteiger partial charge in [-0.1, -0.05) is 224 Å². The molecule has 0 heterocycles. The van der Waals surface area contributed by atoms with Crippen LogP contribution in [0.2, 0.25) is 0 Å². The normalized spacial score (nSPS) is 13.1. The molecule has 0 radical (unpaired) electrons. The van der Waals surface area contributed by atoms with Gasteiger partial charge in [0.2, 0.25) is 0 Å². The molecule has 8 heteroatoms. The van der Waals surface area contributed by atoms with Crippen molar-refractivity contribution in [2.75, 3.05) is 41.0 Å². The first-order valence-corrected chi connectivity index (χ1v) is 27.0. The van der Waals surface area contributed by atoms with Crippen LogP contribution < -0.4 is 5.11 Å². The van der Waals surface area contributed by atoms with Gasteiger partial charge in [0.1, 0.15) is 12.6 Å². The number of carboxylic acids is 1. The van der Waals surface area contributed by atoms with Crippen molar-refractivity contribution in [2.24, 2.45) is 0 Å². The van der Waals surface area contributed by atoms with Gasteiger partial charge in [-0.05, 0) is 44.9 Å². The van der Waals surface area contributed by atoms with Gasteiger partial charge < -0.3 is 28.6 Å². The Morgan fingerprint density at radius 2 is 0.875 bits per heavy atom. The highest BCUT2D eigenvalue weighted by molar-refractivity contribution is 5.70. The van der Waals surface area contributed by atoms with Crippen LogP contribution in [0.5, 0.6) is 0 Å². The zero-order chi connectivity index (χ0) is 47.0. The third-order valence-corrected chi connectivity index (χ3v) is 12.3. The van der Waals surface area contributed by atoms with Crippen LogP contribution in [-0.4, -0.2) is 75.5 Å². The zero-order valence-corrected chi connectivity index (χ0v) is 42.7. The average Bonchev–Trinajstić information content (AvgIpc) is 3.26. The van der Waals surface area contributed by atoms with Gasteiger partial charge >= 0.3 is 11.9 Å². The SMILES string of the molecule is CC/C=C/C/C=C/C/C=C/CCCCCCCCCCCCC(=O)OC(COCCC(C(=O)[O-])[N+](C)(C)C)COC(=O)CCCCCCCCCCCCCCCCCCCCCC. The molecule has 0 aliphatic carbocycles. The van der Waals surface area contributed by atoms with Crippen molar-refractivity contribution in [3.63, 3.8) is 0 Å². The number of hydrogen-bond acceptors (Lipinski definition) is 7. The second-order valence-corrected chi connectivity index (χ2v) is 19.4. The summed E-state index contributed by atoms with van der Waals surface area (Å²) >= 11 is 0. The van der Waals surface area contributed by atoms with Crippen molar-refractivity contribution in [3.05, 3.63) is 36.5 Å². The first kappa shape index (κ1) is 61.5. The number of ether oxygens (including phenoxy) is 3. The van der Waals surface area contributed by atoms with Crippen molar-refractivity contribution in [2.45, 2.75) is 264 Å². The quantitative estimate of drug-likeness (QED) is 0.0259. The lowest BCUT2D eigenvalue weighted by molar-refractivity contribution is -0.889. The van der Waals surface area contributed by atoms with Crippen LogP contribution in [0.25, 0.3) is 0 Å². The number of unbranched alkanes of at least 4 members (excludes halogenated alkanes) is 29. The summed E-state index contributed by atoms with van der Waals surface area (Å²) in [6, 6.07) is -0.725. The zero-order valence-electron chi connectivity index (χ0n) is 42.7. The third kappa shape index (κ3) is 44.7. The van der Waals surface area contributed by atoms with Crippen LogP contribution in [0.4, 0.5) is 0 Å². The monoisotopic (exact) mass is 902 g/mol. The van der Waals surface area contributed by atoms with E-state index in [1.807, 2.05) is 21.1 Å². The van der Waals surface area contributed by atoms with Crippen molar-refractivity contribution in [1.82, 2.24) is 0 Å². The fourth-order valence-electron chi connectivity index (χ4n) is 8.15. The number of carbonyl (C=O) groups excluding carboxylic acids is 3. The van der Waals surface area contributed by atoms with Gasteiger partial charge in [0.25, 0.3) is 0 Å². The molecule has 64 heavy (non-hydrogen) atoms. The molecular formula is C56H103NO7. The van der Waals surface area contributed by atoms with Gasteiger partial charge in [-0.25, -0.2) is 0 Å². The number of nitrogens with zero attached hydrogens (tertiary/aromatic N) is 1. The van der Waals surface area contributed by atoms with E-state index in [0.717, 1.165) is 57.8 Å². The Kier molecular flexibility index (Phi) is 45.3. The van der Waals surface area contributed by atoms with E-state index in [4.69, 9.17) is 14.2 Å². The van der Waals surface area contributed by atoms with E-state index < -0.39 is 18.1 Å². The van der Waals surface area contributed by atoms with E-state index >= 15 is 0 Å². The van der Waals surface area contributed by atoms with Crippen LogP contribution in [0.15, 0.2) is 36.5 Å². The summed E-state index contributed by atoms with van der Waals surface area (Å²) in [7, 11) is 5.42. The Labute approximate surface area is 395 Å². The Morgan fingerprint density at radius 1 is 0.484 bits per heavy atom. The molecule has 0 aromatic rings. The molecule has 0 saturated heterocycles. The van der Waals surface area contributed by atoms with E-state index in [9.17, 15) is 19.5 Å². The predicted molar refractivity (Wildman–Crippen MR) is 268 cm³/mol. The molecule has 2 unspecified atom stereocenters. The van der Waals surface area contributed by atoms with E-state index in [-0.39, 0.29) is 42.7 Å². The van der Waals surface area contributed by atoms with Crippen LogP contribution in [0.1, 0.15) is 251 Å². The number of aliphatic carboxylic acids is 1. The van der Waals surface area contributed by atoms with Crippen LogP contribution in [0, 0.1) is 0 Å². The molecule has 0 N–H and O–H groups in total. The van der Waals surface area contributed by atoms with Gasteiger partial charge in [-0.2, -0.15) is 0 Å². The van der Waals surface area contributed by atoms with Crippen molar-refractivity contribution >= 4 is 17.9 Å². The highest BCUT2D eigenvalue weighted by Crippen LogP contribution is 2.17. The maximum absolute atomic E-state index is 12.8. The Bertz CT molecular complexity index is 1140. The number of hydrogen-bond donors (Lipinski definition) is 0. The van der Waals surface area contributed by atoms with Crippen molar-refractivity contribution in [1.29, 1.82) is 0 Å². The summed E-state index contributed by atoms with van der Waals surface area (Å²) in [5, 5.41) is 11.7. The largest absolute Gasteiger partial charge is 0.544 e. The van der Waals surface area contributed by atoms with E-state index in [1.54, 1.807) is 0 Å². The maximum atomic E-state index is 12.8. The molecule has 0 aromatic heterocycles. The highest BCUT2D eigenvalue weighted by Gasteiger charge is 2.25. The highest BCUT2D eigenvalue weighted by atomic mass is 16.6. The van der Waals surface area contributed by atoms with Gasteiger partial charge in [0, 0.05) is 19.3 Å². The summed E-state index contributed by atoms with van der Waals surface area (Å²) in [6.07, 6.45) is 56.0. The fraction of sp³-hybridized carbons (Fsp3) is 0.839. The second kappa shape index (κ2) is 47.1.